The number of imidazole rings is 1. The molecular formula is C23H26N2O4. The van der Waals surface area contributed by atoms with Gasteiger partial charge in [0.25, 0.3) is 0 Å². The van der Waals surface area contributed by atoms with E-state index in [1.807, 2.05) is 54.2 Å². The molecule has 6 heteroatoms. The lowest BCUT2D eigenvalue weighted by atomic mass is 9.94. The van der Waals surface area contributed by atoms with Crippen molar-refractivity contribution in [2.45, 2.75) is 44.8 Å². The minimum absolute atomic E-state index is 0.190. The van der Waals surface area contributed by atoms with Crippen LogP contribution in [0.3, 0.4) is 0 Å². The zero-order valence-corrected chi connectivity index (χ0v) is 16.8. The van der Waals surface area contributed by atoms with E-state index in [9.17, 15) is 9.59 Å². The minimum Gasteiger partial charge on any atom is -0.462 e. The van der Waals surface area contributed by atoms with Crippen molar-refractivity contribution in [1.82, 2.24) is 9.55 Å². The van der Waals surface area contributed by atoms with E-state index in [4.69, 9.17) is 9.47 Å². The first-order valence-electron chi connectivity index (χ1n) is 9.75. The highest BCUT2D eigenvalue weighted by molar-refractivity contribution is 5.86. The van der Waals surface area contributed by atoms with Gasteiger partial charge in [-0.1, -0.05) is 36.4 Å². The fraction of sp³-hybridized carbons (Fsp3) is 0.348. The van der Waals surface area contributed by atoms with Crippen LogP contribution in [0.2, 0.25) is 0 Å². The van der Waals surface area contributed by atoms with Crippen LogP contribution in [0.4, 0.5) is 0 Å². The Morgan fingerprint density at radius 2 is 1.69 bits per heavy atom. The molecule has 0 spiro atoms. The van der Waals surface area contributed by atoms with Gasteiger partial charge >= 0.3 is 11.9 Å². The highest BCUT2D eigenvalue weighted by atomic mass is 16.5. The lowest BCUT2D eigenvalue weighted by Crippen LogP contribution is -2.23. The Morgan fingerprint density at radius 3 is 2.24 bits per heavy atom. The fourth-order valence-corrected chi connectivity index (χ4v) is 3.40. The highest BCUT2D eigenvalue weighted by Gasteiger charge is 2.19. The van der Waals surface area contributed by atoms with Gasteiger partial charge in [0.05, 0.1) is 12.0 Å². The Hall–Kier alpha value is -3.15. The fourth-order valence-electron chi connectivity index (χ4n) is 3.40. The van der Waals surface area contributed by atoms with E-state index in [1.54, 1.807) is 12.4 Å². The average Bonchev–Trinajstić information content (AvgIpc) is 3.09. The average molecular weight is 394 g/mol. The predicted octanol–water partition coefficient (Wildman–Crippen LogP) is 3.41. The topological polar surface area (TPSA) is 70.4 Å². The van der Waals surface area contributed by atoms with Gasteiger partial charge in [-0.05, 0) is 17.2 Å². The van der Waals surface area contributed by atoms with Crippen LogP contribution in [-0.4, -0.2) is 33.7 Å². The smallest absolute Gasteiger partial charge is 0.331 e. The lowest BCUT2D eigenvalue weighted by Gasteiger charge is -2.22. The Kier molecular flexibility index (Phi) is 7.00. The van der Waals surface area contributed by atoms with Gasteiger partial charge in [-0.25, -0.2) is 9.78 Å². The quantitative estimate of drug-likeness (QED) is 0.452. The first-order chi connectivity index (χ1) is 14.0. The number of aryl methyl sites for hydroxylation is 1. The number of ether oxygens (including phenoxy) is 2. The molecule has 152 valence electrons. The summed E-state index contributed by atoms with van der Waals surface area (Å²) in [6.07, 6.45) is 12.6. The SMILES string of the molecule is CC(=O)OC1CC=CCC(OC(=O)/C=C/c2cn(C)cn2)Cc2ccccc2C1. The van der Waals surface area contributed by atoms with Gasteiger partial charge in [-0.15, -0.1) is 0 Å². The van der Waals surface area contributed by atoms with Crippen molar-refractivity contribution in [2.24, 2.45) is 7.05 Å². The molecule has 2 aromatic rings. The van der Waals surface area contributed by atoms with Crippen molar-refractivity contribution in [2.75, 3.05) is 0 Å². The van der Waals surface area contributed by atoms with Crippen molar-refractivity contribution in [1.29, 1.82) is 0 Å². The largest absolute Gasteiger partial charge is 0.462 e. The van der Waals surface area contributed by atoms with Gasteiger partial charge in [-0.3, -0.25) is 4.79 Å². The van der Waals surface area contributed by atoms with Crippen molar-refractivity contribution in [3.8, 4) is 0 Å². The van der Waals surface area contributed by atoms with E-state index in [0.29, 0.717) is 31.4 Å². The van der Waals surface area contributed by atoms with Crippen LogP contribution in [0.25, 0.3) is 6.08 Å². The van der Waals surface area contributed by atoms with Gasteiger partial charge in [0.1, 0.15) is 12.2 Å². The summed E-state index contributed by atoms with van der Waals surface area (Å²) < 4.78 is 13.0. The molecule has 2 atom stereocenters. The van der Waals surface area contributed by atoms with E-state index in [0.717, 1.165) is 11.1 Å². The summed E-state index contributed by atoms with van der Waals surface area (Å²) in [6, 6.07) is 8.02. The maximum atomic E-state index is 12.3. The van der Waals surface area contributed by atoms with Gasteiger partial charge in [0, 0.05) is 51.9 Å². The molecule has 0 saturated carbocycles. The molecule has 0 aliphatic heterocycles. The van der Waals surface area contributed by atoms with Crippen molar-refractivity contribution < 1.29 is 19.1 Å². The molecule has 2 unspecified atom stereocenters. The molecule has 1 heterocycles. The van der Waals surface area contributed by atoms with Crippen LogP contribution in [0.1, 0.15) is 36.6 Å². The maximum Gasteiger partial charge on any atom is 0.331 e. The third-order valence-electron chi connectivity index (χ3n) is 4.71. The molecule has 0 bridgehead atoms. The van der Waals surface area contributed by atoms with Crippen LogP contribution in [0, 0.1) is 0 Å². The minimum atomic E-state index is -0.388. The predicted molar refractivity (Wildman–Crippen MR) is 110 cm³/mol. The normalized spacial score (nSPS) is 19.5. The zero-order valence-electron chi connectivity index (χ0n) is 16.8. The molecule has 1 aliphatic rings. The number of hydrogen-bond acceptors (Lipinski definition) is 5. The molecule has 1 aromatic heterocycles. The molecule has 29 heavy (non-hydrogen) atoms. The van der Waals surface area contributed by atoms with Crippen molar-refractivity contribution in [3.05, 3.63) is 71.8 Å². The molecule has 0 fully saturated rings. The number of hydrogen-bond donors (Lipinski definition) is 0. The van der Waals surface area contributed by atoms with Crippen molar-refractivity contribution >= 4 is 18.0 Å². The summed E-state index contributed by atoms with van der Waals surface area (Å²) in [6.45, 7) is 1.43. The summed E-state index contributed by atoms with van der Waals surface area (Å²) >= 11 is 0. The lowest BCUT2D eigenvalue weighted by molar-refractivity contribution is -0.146. The number of carbonyl (C=O) groups excluding carboxylic acids is 2. The number of esters is 2. The van der Waals surface area contributed by atoms with Gasteiger partial charge < -0.3 is 14.0 Å². The number of fused-ring (bicyclic) bond motifs is 1. The van der Waals surface area contributed by atoms with E-state index in [-0.39, 0.29) is 24.1 Å². The first kappa shape index (κ1) is 20.6. The van der Waals surface area contributed by atoms with Crippen LogP contribution >= 0.6 is 0 Å². The summed E-state index contributed by atoms with van der Waals surface area (Å²) in [5.41, 5.74) is 2.92. The third kappa shape index (κ3) is 6.45. The summed E-state index contributed by atoms with van der Waals surface area (Å²) in [4.78, 5) is 27.9. The molecule has 6 nitrogen and oxygen atoms in total. The van der Waals surface area contributed by atoms with Gasteiger partial charge in [0.2, 0.25) is 0 Å². The Bertz CT molecular complexity index is 913. The summed E-state index contributed by atoms with van der Waals surface area (Å²) in [5, 5.41) is 0. The second-order valence-corrected chi connectivity index (χ2v) is 7.21. The number of aromatic nitrogens is 2. The molecule has 3 rings (SSSR count). The molecule has 1 aromatic carbocycles. The van der Waals surface area contributed by atoms with Crippen LogP contribution in [0.15, 0.2) is 55.0 Å². The third-order valence-corrected chi connectivity index (χ3v) is 4.71. The molecule has 0 N–H and O–H groups in total. The van der Waals surface area contributed by atoms with E-state index in [1.165, 1.54) is 13.0 Å². The second-order valence-electron chi connectivity index (χ2n) is 7.21. The van der Waals surface area contributed by atoms with E-state index >= 15 is 0 Å². The first-order valence-corrected chi connectivity index (χ1v) is 9.75. The molecule has 0 radical (unpaired) electrons. The molecule has 0 saturated heterocycles. The van der Waals surface area contributed by atoms with Crippen LogP contribution in [-0.2, 0) is 39.0 Å². The number of carbonyl (C=O) groups is 2. The molecule has 0 amide bonds. The monoisotopic (exact) mass is 394 g/mol. The summed E-state index contributed by atoms with van der Waals surface area (Å²) in [7, 11) is 1.87. The van der Waals surface area contributed by atoms with E-state index < -0.39 is 0 Å². The maximum absolute atomic E-state index is 12.3. The molecule has 1 aliphatic carbocycles. The summed E-state index contributed by atoms with van der Waals surface area (Å²) in [5.74, 6) is -0.661. The second kappa shape index (κ2) is 9.87. The van der Waals surface area contributed by atoms with E-state index in [2.05, 4.69) is 4.98 Å². The standard InChI is InChI=1S/C23H26N2O4/c1-17(26)28-21-9-5-6-10-22(14-19-8-4-3-7-18(19)13-21)29-23(27)12-11-20-15-25(2)16-24-20/h3-8,11-12,15-16,21-22H,9-10,13-14H2,1-2H3/b6-5?,12-11+. The molecular weight excluding hydrogens is 368 g/mol. The Balaban J connectivity index is 1.71. The van der Waals surface area contributed by atoms with Crippen molar-refractivity contribution in [3.63, 3.8) is 0 Å². The highest BCUT2D eigenvalue weighted by Crippen LogP contribution is 2.21. The number of rotatable bonds is 4. The Labute approximate surface area is 170 Å². The Morgan fingerprint density at radius 1 is 1.07 bits per heavy atom. The van der Waals surface area contributed by atoms with Crippen LogP contribution in [0.5, 0.6) is 0 Å². The van der Waals surface area contributed by atoms with Gasteiger partial charge in [0.15, 0.2) is 0 Å². The number of benzene rings is 1. The zero-order chi connectivity index (χ0) is 20.6. The van der Waals surface area contributed by atoms with Gasteiger partial charge in [-0.2, -0.15) is 0 Å². The van der Waals surface area contributed by atoms with Crippen LogP contribution < -0.4 is 0 Å². The number of nitrogens with zero attached hydrogens (tertiary/aromatic N) is 2.